The lowest BCUT2D eigenvalue weighted by atomic mass is 10.0. The van der Waals surface area contributed by atoms with Crippen molar-refractivity contribution in [1.82, 2.24) is 14.3 Å². The van der Waals surface area contributed by atoms with E-state index in [9.17, 15) is 4.21 Å². The van der Waals surface area contributed by atoms with E-state index in [4.69, 9.17) is 0 Å². The summed E-state index contributed by atoms with van der Waals surface area (Å²) in [5.74, 6) is 0. The highest BCUT2D eigenvalue weighted by molar-refractivity contribution is 7.83. The molecular formula is C9H13N3OS. The minimum Gasteiger partial charge on any atom is -0.244 e. The summed E-state index contributed by atoms with van der Waals surface area (Å²) < 4.78 is 13.4. The van der Waals surface area contributed by atoms with E-state index in [0.717, 1.165) is 11.3 Å². The van der Waals surface area contributed by atoms with Crippen LogP contribution in [0.25, 0.3) is 0 Å². The summed E-state index contributed by atoms with van der Waals surface area (Å²) in [7, 11) is 0.841. The molecule has 0 saturated heterocycles. The molecule has 1 aliphatic rings. The Morgan fingerprint density at radius 3 is 3.00 bits per heavy atom. The van der Waals surface area contributed by atoms with Crippen LogP contribution in [0.4, 0.5) is 0 Å². The molecule has 1 unspecified atom stereocenters. The minimum absolute atomic E-state index is 0.411. The molecule has 0 saturated carbocycles. The first-order chi connectivity index (χ1) is 6.53. The molecule has 0 aliphatic carbocycles. The lowest BCUT2D eigenvalue weighted by Gasteiger charge is -2.35. The third-order valence-electron chi connectivity index (χ3n) is 2.47. The molecule has 0 amide bonds. The normalized spacial score (nSPS) is 25.8. The molecule has 0 radical (unpaired) electrons. The van der Waals surface area contributed by atoms with Gasteiger partial charge in [-0.15, -0.1) is 0 Å². The summed E-state index contributed by atoms with van der Waals surface area (Å²) in [5, 5.41) is 0. The van der Waals surface area contributed by atoms with Crippen LogP contribution in [-0.2, 0) is 22.3 Å². The van der Waals surface area contributed by atoms with E-state index in [2.05, 4.69) is 9.97 Å². The van der Waals surface area contributed by atoms with Gasteiger partial charge in [0.2, 0.25) is 0 Å². The Kier molecular flexibility index (Phi) is 2.16. The summed E-state index contributed by atoms with van der Waals surface area (Å²) in [4.78, 5) is 8.21. The van der Waals surface area contributed by atoms with Crippen LogP contribution in [0.2, 0.25) is 0 Å². The summed E-state index contributed by atoms with van der Waals surface area (Å²) in [6, 6.07) is 0. The smallest absolute Gasteiger partial charge is 0.115 e. The lowest BCUT2D eigenvalue weighted by Crippen LogP contribution is -2.41. The highest BCUT2D eigenvalue weighted by Gasteiger charge is 2.38. The monoisotopic (exact) mass is 211 g/mol. The van der Waals surface area contributed by atoms with Gasteiger partial charge in [0.25, 0.3) is 0 Å². The van der Waals surface area contributed by atoms with Gasteiger partial charge in [0.1, 0.15) is 17.3 Å². The van der Waals surface area contributed by atoms with Crippen LogP contribution in [0.1, 0.15) is 25.1 Å². The van der Waals surface area contributed by atoms with E-state index in [1.165, 1.54) is 6.33 Å². The molecule has 0 bridgehead atoms. The van der Waals surface area contributed by atoms with E-state index in [1.807, 2.05) is 25.2 Å². The molecule has 0 fully saturated rings. The average Bonchev–Trinajstić information content (AvgIpc) is 2.15. The zero-order chi connectivity index (χ0) is 10.3. The topological polar surface area (TPSA) is 46.1 Å². The van der Waals surface area contributed by atoms with Crippen LogP contribution < -0.4 is 0 Å². The van der Waals surface area contributed by atoms with Crippen molar-refractivity contribution in [2.24, 2.45) is 0 Å². The number of hydrogen-bond donors (Lipinski definition) is 0. The van der Waals surface area contributed by atoms with Crippen molar-refractivity contribution in [1.29, 1.82) is 0 Å². The van der Waals surface area contributed by atoms with Crippen molar-refractivity contribution in [3.05, 3.63) is 23.8 Å². The number of fused-ring (bicyclic) bond motifs is 1. The predicted molar refractivity (Wildman–Crippen MR) is 54.7 cm³/mol. The first-order valence-corrected chi connectivity index (χ1v) is 5.56. The Labute approximate surface area is 86.0 Å². The molecule has 5 heteroatoms. The van der Waals surface area contributed by atoms with Crippen molar-refractivity contribution in [3.8, 4) is 0 Å². The Bertz CT molecular complexity index is 391. The second-order valence-corrected chi connectivity index (χ2v) is 6.08. The SMILES string of the molecule is CN1Cc2cncnc2C(C)(C)S1=O. The lowest BCUT2D eigenvalue weighted by molar-refractivity contribution is 0.462. The van der Waals surface area contributed by atoms with Crippen molar-refractivity contribution < 1.29 is 4.21 Å². The van der Waals surface area contributed by atoms with Crippen molar-refractivity contribution in [3.63, 3.8) is 0 Å². The van der Waals surface area contributed by atoms with Gasteiger partial charge in [0.15, 0.2) is 0 Å². The van der Waals surface area contributed by atoms with Crippen LogP contribution >= 0.6 is 0 Å². The maximum Gasteiger partial charge on any atom is 0.115 e. The Morgan fingerprint density at radius 2 is 2.29 bits per heavy atom. The van der Waals surface area contributed by atoms with Gasteiger partial charge in [-0.3, -0.25) is 0 Å². The number of rotatable bonds is 0. The number of hydrogen-bond acceptors (Lipinski definition) is 3. The van der Waals surface area contributed by atoms with Gasteiger partial charge >= 0.3 is 0 Å². The van der Waals surface area contributed by atoms with E-state index >= 15 is 0 Å². The Hall–Kier alpha value is -0.810. The second kappa shape index (κ2) is 3.10. The second-order valence-electron chi connectivity index (χ2n) is 3.94. The van der Waals surface area contributed by atoms with Crippen LogP contribution in [0, 0.1) is 0 Å². The molecule has 1 aromatic rings. The largest absolute Gasteiger partial charge is 0.244 e. The summed E-state index contributed by atoms with van der Waals surface area (Å²) in [5.41, 5.74) is 1.98. The van der Waals surface area contributed by atoms with Gasteiger partial charge in [0.05, 0.1) is 10.4 Å². The average molecular weight is 211 g/mol. The molecule has 4 nitrogen and oxygen atoms in total. The third kappa shape index (κ3) is 1.27. The van der Waals surface area contributed by atoms with Crippen molar-refractivity contribution in [2.75, 3.05) is 7.05 Å². The number of aromatic nitrogens is 2. The fraction of sp³-hybridized carbons (Fsp3) is 0.556. The number of nitrogens with zero attached hydrogens (tertiary/aromatic N) is 3. The standard InChI is InChI=1S/C9H13N3OS/c1-9(2)8-7(4-10-6-11-8)5-12(3)14(9)13/h4,6H,5H2,1-3H3. The third-order valence-corrected chi connectivity index (χ3v) is 4.23. The zero-order valence-corrected chi connectivity index (χ0v) is 9.34. The van der Waals surface area contributed by atoms with Gasteiger partial charge < -0.3 is 0 Å². The molecule has 1 aliphatic heterocycles. The first kappa shape index (κ1) is 9.73. The van der Waals surface area contributed by atoms with Gasteiger partial charge in [-0.1, -0.05) is 0 Å². The Morgan fingerprint density at radius 1 is 1.57 bits per heavy atom. The van der Waals surface area contributed by atoms with E-state index in [0.29, 0.717) is 6.54 Å². The van der Waals surface area contributed by atoms with Gasteiger partial charge in [-0.05, 0) is 13.8 Å². The fourth-order valence-electron chi connectivity index (χ4n) is 1.79. The van der Waals surface area contributed by atoms with Crippen LogP contribution in [0.15, 0.2) is 12.5 Å². The summed E-state index contributed by atoms with van der Waals surface area (Å²) >= 11 is 0. The van der Waals surface area contributed by atoms with Crippen LogP contribution in [-0.4, -0.2) is 25.5 Å². The maximum atomic E-state index is 12.0. The minimum atomic E-state index is -1.01. The molecule has 1 aromatic heterocycles. The highest BCUT2D eigenvalue weighted by atomic mass is 32.2. The fourth-order valence-corrected chi connectivity index (χ4v) is 3.17. The van der Waals surface area contributed by atoms with E-state index in [-0.39, 0.29) is 0 Å². The quantitative estimate of drug-likeness (QED) is 0.638. The molecule has 0 N–H and O–H groups in total. The van der Waals surface area contributed by atoms with Crippen LogP contribution in [0.5, 0.6) is 0 Å². The van der Waals surface area contributed by atoms with E-state index < -0.39 is 15.7 Å². The molecule has 14 heavy (non-hydrogen) atoms. The summed E-state index contributed by atoms with van der Waals surface area (Å²) in [6.45, 7) is 4.56. The Balaban J connectivity index is 2.60. The van der Waals surface area contributed by atoms with Gasteiger partial charge in [-0.25, -0.2) is 18.5 Å². The van der Waals surface area contributed by atoms with Crippen molar-refractivity contribution in [2.45, 2.75) is 25.1 Å². The molecule has 2 heterocycles. The molecule has 76 valence electrons. The highest BCUT2D eigenvalue weighted by Crippen LogP contribution is 2.34. The molecule has 0 aromatic carbocycles. The maximum absolute atomic E-state index is 12.0. The summed E-state index contributed by atoms with van der Waals surface area (Å²) in [6.07, 6.45) is 3.32. The van der Waals surface area contributed by atoms with Gasteiger partial charge in [0, 0.05) is 25.4 Å². The predicted octanol–water partition coefficient (Wildman–Crippen LogP) is 0.821. The molecular weight excluding hydrogens is 198 g/mol. The van der Waals surface area contributed by atoms with Crippen LogP contribution in [0.3, 0.4) is 0 Å². The molecule has 1 atom stereocenters. The first-order valence-electron chi connectivity index (χ1n) is 4.46. The van der Waals surface area contributed by atoms with Crippen molar-refractivity contribution >= 4 is 11.0 Å². The molecule has 2 rings (SSSR count). The van der Waals surface area contributed by atoms with E-state index in [1.54, 1.807) is 6.20 Å². The van der Waals surface area contributed by atoms with Gasteiger partial charge in [-0.2, -0.15) is 0 Å². The zero-order valence-electron chi connectivity index (χ0n) is 8.52. The molecule has 0 spiro atoms.